The number of likely N-dealkylation sites (tertiary alicyclic amines) is 1. The number of nitrogens with zero attached hydrogens (tertiary/aromatic N) is 2. The number of carbonyl (C=O) groups is 1. The standard InChI is InChI=1S/C15H22N2O3.BH2OP/c1-16-9-6-12(7-10-16)4-5-13-3-2-8-17(15(13)20)11-14(18)19;2-1-3/h2-3,8,12H,4-7,9-11H2,1H3,(H,18,19);3H2. The molecule has 1 aliphatic rings. The fourth-order valence-corrected chi connectivity index (χ4v) is 2.76. The van der Waals surface area contributed by atoms with E-state index in [1.165, 1.54) is 23.6 Å². The molecule has 8 heteroatoms. The Morgan fingerprint density at radius 2 is 2.04 bits per heavy atom. The molecule has 0 saturated carbocycles. The topological polar surface area (TPSA) is 79.6 Å². The Labute approximate surface area is 139 Å². The molecular weight excluding hydrogens is 314 g/mol. The average Bonchev–Trinajstić information content (AvgIpc) is 2.50. The van der Waals surface area contributed by atoms with Crippen LogP contribution in [0, 0.1) is 5.92 Å². The number of carboxylic acids is 1. The molecule has 0 spiro atoms. The molecule has 2 rings (SSSR count). The van der Waals surface area contributed by atoms with E-state index in [0.717, 1.165) is 31.5 Å². The molecule has 126 valence electrons. The summed E-state index contributed by atoms with van der Waals surface area (Å²) in [5.74, 6) is -0.307. The summed E-state index contributed by atoms with van der Waals surface area (Å²) >= 11 is 0. The Morgan fingerprint density at radius 3 is 2.61 bits per heavy atom. The van der Waals surface area contributed by atoms with E-state index in [2.05, 4.69) is 11.9 Å². The van der Waals surface area contributed by atoms with Crippen LogP contribution in [-0.4, -0.2) is 47.5 Å². The van der Waals surface area contributed by atoms with Gasteiger partial charge in [-0.3, -0.25) is 9.59 Å². The summed E-state index contributed by atoms with van der Waals surface area (Å²) in [5, 5.41) is 8.78. The number of hydrogen-bond donors (Lipinski definition) is 1. The number of aliphatic carboxylic acids is 1. The van der Waals surface area contributed by atoms with Crippen molar-refractivity contribution in [3.63, 3.8) is 0 Å². The normalized spacial score (nSPS) is 15.4. The van der Waals surface area contributed by atoms with E-state index in [1.807, 2.05) is 15.2 Å². The van der Waals surface area contributed by atoms with Crippen molar-refractivity contribution in [2.45, 2.75) is 32.2 Å². The Hall–Kier alpha value is -1.33. The van der Waals surface area contributed by atoms with E-state index in [1.54, 1.807) is 6.07 Å². The summed E-state index contributed by atoms with van der Waals surface area (Å²) in [6, 6.07) is 3.57. The molecule has 1 aliphatic heterocycles. The van der Waals surface area contributed by atoms with Crippen LogP contribution in [0.2, 0.25) is 0 Å². The van der Waals surface area contributed by atoms with Crippen LogP contribution in [0.5, 0.6) is 0 Å². The van der Waals surface area contributed by atoms with Crippen LogP contribution in [0.4, 0.5) is 0 Å². The molecule has 0 aromatic carbocycles. The van der Waals surface area contributed by atoms with Crippen LogP contribution in [0.3, 0.4) is 0 Å². The van der Waals surface area contributed by atoms with Gasteiger partial charge >= 0.3 is 26.7 Å². The molecule has 1 unspecified atom stereocenters. The number of rotatable bonds is 5. The van der Waals surface area contributed by atoms with Gasteiger partial charge in [-0.05, 0) is 57.8 Å². The summed E-state index contributed by atoms with van der Waals surface area (Å²) in [6.07, 6.45) is 5.67. The maximum absolute atomic E-state index is 12.1. The van der Waals surface area contributed by atoms with Crippen molar-refractivity contribution in [3.05, 3.63) is 34.2 Å². The zero-order chi connectivity index (χ0) is 17.2. The van der Waals surface area contributed by atoms with Crippen LogP contribution >= 0.6 is 9.12 Å². The minimum atomic E-state index is -0.987. The number of aryl methyl sites for hydroxylation is 1. The summed E-state index contributed by atoms with van der Waals surface area (Å²) in [7, 11) is 4.04. The van der Waals surface area contributed by atoms with E-state index >= 15 is 0 Å². The molecule has 6 nitrogen and oxygen atoms in total. The second-order valence-electron chi connectivity index (χ2n) is 5.78. The van der Waals surface area contributed by atoms with Crippen molar-refractivity contribution >= 4 is 22.0 Å². The summed E-state index contributed by atoms with van der Waals surface area (Å²) in [6.45, 7) is 2.66. The van der Waals surface area contributed by atoms with Gasteiger partial charge in [0.25, 0.3) is 5.56 Å². The molecule has 0 amide bonds. The molecule has 0 radical (unpaired) electrons. The van der Waals surface area contributed by atoms with Crippen LogP contribution in [0.25, 0.3) is 0 Å². The van der Waals surface area contributed by atoms with E-state index in [4.69, 9.17) is 9.81 Å². The van der Waals surface area contributed by atoms with Gasteiger partial charge in [-0.25, -0.2) is 0 Å². The molecule has 1 fully saturated rings. The van der Waals surface area contributed by atoms with Gasteiger partial charge in [-0.1, -0.05) is 6.07 Å². The van der Waals surface area contributed by atoms with E-state index in [-0.39, 0.29) is 12.1 Å². The monoisotopic (exact) mass is 338 g/mol. The fraction of sp³-hybridized carbons (Fsp3) is 0.600. The van der Waals surface area contributed by atoms with Gasteiger partial charge in [0.15, 0.2) is 0 Å². The number of aromatic nitrogens is 1. The van der Waals surface area contributed by atoms with E-state index < -0.39 is 5.97 Å². The molecule has 1 aromatic heterocycles. The van der Waals surface area contributed by atoms with E-state index in [9.17, 15) is 9.59 Å². The first-order chi connectivity index (χ1) is 11.0. The number of hydrogen-bond acceptors (Lipinski definition) is 4. The minimum absolute atomic E-state index is 0.164. The third kappa shape index (κ3) is 7.19. The molecule has 1 aromatic rings. The summed E-state index contributed by atoms with van der Waals surface area (Å²) < 4.78 is 10.0. The van der Waals surface area contributed by atoms with E-state index in [0.29, 0.717) is 12.8 Å². The van der Waals surface area contributed by atoms with Gasteiger partial charge in [0.05, 0.1) is 0 Å². The van der Waals surface area contributed by atoms with Gasteiger partial charge in [-0.2, -0.15) is 0 Å². The first-order valence-corrected chi connectivity index (χ1v) is 8.38. The van der Waals surface area contributed by atoms with Crippen molar-refractivity contribution < 1.29 is 14.6 Å². The van der Waals surface area contributed by atoms with Crippen LogP contribution < -0.4 is 5.56 Å². The predicted octanol–water partition coefficient (Wildman–Crippen LogP) is 1.03. The Bertz CT molecular complexity index is 571. The zero-order valence-corrected chi connectivity index (χ0v) is 14.6. The molecule has 1 N–H and O–H groups in total. The number of carboxylic acid groups (broad SMARTS) is 1. The summed E-state index contributed by atoms with van der Waals surface area (Å²) in [5.41, 5.74) is 0.565. The van der Waals surface area contributed by atoms with Crippen molar-refractivity contribution in [2.75, 3.05) is 20.1 Å². The molecular formula is C15H24BN2O4P. The Morgan fingerprint density at radius 1 is 1.43 bits per heavy atom. The quantitative estimate of drug-likeness (QED) is 0.641. The molecule has 23 heavy (non-hydrogen) atoms. The first-order valence-electron chi connectivity index (χ1n) is 7.72. The molecule has 0 bridgehead atoms. The predicted molar refractivity (Wildman–Crippen MR) is 93.0 cm³/mol. The third-order valence-corrected chi connectivity index (χ3v) is 4.06. The van der Waals surface area contributed by atoms with Gasteiger partial charge in [0.1, 0.15) is 6.54 Å². The number of pyridine rings is 1. The van der Waals surface area contributed by atoms with Crippen molar-refractivity contribution in [2.24, 2.45) is 5.92 Å². The molecule has 1 saturated heterocycles. The van der Waals surface area contributed by atoms with Crippen LogP contribution in [0.15, 0.2) is 23.1 Å². The van der Waals surface area contributed by atoms with Crippen molar-refractivity contribution in [3.8, 4) is 0 Å². The maximum atomic E-state index is 12.1. The first kappa shape index (κ1) is 19.7. The Kier molecular flexibility index (Phi) is 8.96. The molecule has 2 heterocycles. The second kappa shape index (κ2) is 10.4. The average molecular weight is 338 g/mol. The van der Waals surface area contributed by atoms with Crippen molar-refractivity contribution in [1.29, 1.82) is 0 Å². The van der Waals surface area contributed by atoms with Gasteiger partial charge in [-0.15, -0.1) is 0 Å². The number of piperidine rings is 1. The third-order valence-electron chi connectivity index (χ3n) is 4.06. The summed E-state index contributed by atoms with van der Waals surface area (Å²) in [4.78, 5) is 25.2. The molecule has 0 aliphatic carbocycles. The second-order valence-corrected chi connectivity index (χ2v) is 6.05. The van der Waals surface area contributed by atoms with Gasteiger partial charge < -0.3 is 14.6 Å². The van der Waals surface area contributed by atoms with Crippen molar-refractivity contribution in [1.82, 2.24) is 9.47 Å². The van der Waals surface area contributed by atoms with Crippen LogP contribution in [-0.2, 0) is 22.5 Å². The van der Waals surface area contributed by atoms with Gasteiger partial charge in [0.2, 0.25) is 0 Å². The van der Waals surface area contributed by atoms with Gasteiger partial charge in [0, 0.05) is 11.8 Å². The Balaban J connectivity index is 0.000000816. The van der Waals surface area contributed by atoms with Crippen LogP contribution in [0.1, 0.15) is 24.8 Å². The molecule has 1 atom stereocenters. The SMILES string of the molecule is CN1CCC(CCc2cccn(CC(=O)O)c2=O)CC1.O=BP. The zero-order valence-electron chi connectivity index (χ0n) is 13.5. The fourth-order valence-electron chi connectivity index (χ4n) is 2.76.